The summed E-state index contributed by atoms with van der Waals surface area (Å²) in [6, 6.07) is 8.75. The number of ether oxygens (including phenoxy) is 1. The summed E-state index contributed by atoms with van der Waals surface area (Å²) in [4.78, 5) is 44.5. The summed E-state index contributed by atoms with van der Waals surface area (Å²) in [5, 5.41) is 1.79. The molecule has 138 valence electrons. The van der Waals surface area contributed by atoms with Crippen LogP contribution in [0.5, 0.6) is 0 Å². The zero-order chi connectivity index (χ0) is 18.8. The minimum absolute atomic E-state index is 0.107. The molecule has 1 aliphatic heterocycles. The highest BCUT2D eigenvalue weighted by atomic mass is 32.1. The van der Waals surface area contributed by atoms with Crippen LogP contribution < -0.4 is 5.56 Å². The van der Waals surface area contributed by atoms with Crippen LogP contribution in [0.15, 0.2) is 40.5 Å². The first-order chi connectivity index (χ1) is 13.1. The molecule has 8 heteroatoms. The molecule has 1 N–H and O–H groups in total. The van der Waals surface area contributed by atoms with Gasteiger partial charge in [-0.3, -0.25) is 9.59 Å². The van der Waals surface area contributed by atoms with E-state index in [1.807, 2.05) is 17.0 Å². The molecule has 0 radical (unpaired) electrons. The summed E-state index contributed by atoms with van der Waals surface area (Å²) in [7, 11) is 0. The summed E-state index contributed by atoms with van der Waals surface area (Å²) in [6.45, 7) is 1.23. The minimum Gasteiger partial charge on any atom is -0.454 e. The normalized spacial score (nSPS) is 14.1. The molecule has 3 aromatic rings. The Hall–Kier alpha value is -3.00. The van der Waals surface area contributed by atoms with Gasteiger partial charge in [0.05, 0.1) is 11.1 Å². The fourth-order valence-corrected chi connectivity index (χ4v) is 3.77. The number of carbonyl (C=O) groups excluding carboxylic acids is 2. The second kappa shape index (κ2) is 7.32. The molecule has 0 atom stereocenters. The first kappa shape index (κ1) is 17.4. The maximum Gasteiger partial charge on any atom is 0.338 e. The van der Waals surface area contributed by atoms with Crippen LogP contribution in [0.2, 0.25) is 0 Å². The first-order valence-corrected chi connectivity index (χ1v) is 9.48. The molecule has 1 saturated heterocycles. The number of likely N-dealkylation sites (tertiary alicyclic amines) is 1. The van der Waals surface area contributed by atoms with E-state index < -0.39 is 5.97 Å². The Morgan fingerprint density at radius 3 is 2.78 bits per heavy atom. The third-order valence-electron chi connectivity index (χ3n) is 4.44. The van der Waals surface area contributed by atoms with Crippen molar-refractivity contribution in [2.45, 2.75) is 26.0 Å². The van der Waals surface area contributed by atoms with E-state index in [0.717, 1.165) is 18.5 Å². The predicted molar refractivity (Wildman–Crippen MR) is 100 cm³/mol. The van der Waals surface area contributed by atoms with Gasteiger partial charge in [-0.2, -0.15) is 0 Å². The molecule has 0 saturated carbocycles. The fraction of sp³-hybridized carbons (Fsp3) is 0.263. The van der Waals surface area contributed by atoms with Crippen LogP contribution in [0.25, 0.3) is 10.2 Å². The average molecular weight is 383 g/mol. The molecule has 0 unspecified atom stereocenters. The number of H-pyrrole nitrogens is 1. The van der Waals surface area contributed by atoms with Gasteiger partial charge in [0, 0.05) is 19.5 Å². The molecule has 27 heavy (non-hydrogen) atoms. The Morgan fingerprint density at radius 2 is 2.04 bits per heavy atom. The lowest BCUT2D eigenvalue weighted by Gasteiger charge is -2.15. The third-order valence-corrected chi connectivity index (χ3v) is 5.34. The number of thiophene rings is 1. The van der Waals surface area contributed by atoms with Crippen molar-refractivity contribution in [3.8, 4) is 0 Å². The van der Waals surface area contributed by atoms with Gasteiger partial charge in [0.25, 0.3) is 5.56 Å². The molecule has 4 rings (SSSR count). The number of aromatic amines is 1. The molecule has 1 fully saturated rings. The monoisotopic (exact) mass is 383 g/mol. The Balaban J connectivity index is 1.38. The average Bonchev–Trinajstić information content (AvgIpc) is 3.30. The van der Waals surface area contributed by atoms with Gasteiger partial charge in [-0.05, 0) is 35.6 Å². The summed E-state index contributed by atoms with van der Waals surface area (Å²) in [5.74, 6) is -0.0159. The number of rotatable bonds is 5. The zero-order valence-electron chi connectivity index (χ0n) is 14.4. The number of hydrogen-bond acceptors (Lipinski definition) is 6. The van der Waals surface area contributed by atoms with Crippen LogP contribution in [0.1, 0.15) is 34.6 Å². The van der Waals surface area contributed by atoms with Crippen LogP contribution in [0.3, 0.4) is 0 Å². The van der Waals surface area contributed by atoms with E-state index in [2.05, 4.69) is 9.97 Å². The lowest BCUT2D eigenvalue weighted by Crippen LogP contribution is -2.23. The summed E-state index contributed by atoms with van der Waals surface area (Å²) in [5.41, 5.74) is 1.73. The van der Waals surface area contributed by atoms with Gasteiger partial charge in [0.15, 0.2) is 0 Å². The standard InChI is InChI=1S/C19H17N3O4S/c23-16-2-1-8-22(16)10-12-3-5-13(6-4-12)19(25)26-11-15-20-14-7-9-27-17(14)18(24)21-15/h3-7,9H,1-2,8,10-11H2,(H,20,21,24). The van der Waals surface area contributed by atoms with Crippen molar-refractivity contribution >= 4 is 33.4 Å². The largest absolute Gasteiger partial charge is 0.454 e. The Morgan fingerprint density at radius 1 is 1.22 bits per heavy atom. The van der Waals surface area contributed by atoms with Gasteiger partial charge in [-0.15, -0.1) is 11.3 Å². The van der Waals surface area contributed by atoms with Crippen molar-refractivity contribution in [1.29, 1.82) is 0 Å². The van der Waals surface area contributed by atoms with Crippen LogP contribution >= 0.6 is 11.3 Å². The van der Waals surface area contributed by atoms with Crippen molar-refractivity contribution in [2.75, 3.05) is 6.54 Å². The van der Waals surface area contributed by atoms with E-state index >= 15 is 0 Å². The Labute approximate surface area is 158 Å². The molecule has 1 aromatic carbocycles. The number of aromatic nitrogens is 2. The maximum absolute atomic E-state index is 12.2. The van der Waals surface area contributed by atoms with E-state index in [1.165, 1.54) is 11.3 Å². The van der Waals surface area contributed by atoms with Crippen molar-refractivity contribution in [2.24, 2.45) is 0 Å². The fourth-order valence-electron chi connectivity index (χ4n) is 3.05. The van der Waals surface area contributed by atoms with Gasteiger partial charge in [0.2, 0.25) is 5.91 Å². The number of esters is 1. The van der Waals surface area contributed by atoms with Crippen molar-refractivity contribution in [3.63, 3.8) is 0 Å². The van der Waals surface area contributed by atoms with E-state index in [4.69, 9.17) is 4.74 Å². The molecule has 1 aliphatic rings. The number of amides is 1. The molecule has 0 bridgehead atoms. The van der Waals surface area contributed by atoms with Crippen LogP contribution in [-0.2, 0) is 22.7 Å². The summed E-state index contributed by atoms with van der Waals surface area (Å²) >= 11 is 1.32. The van der Waals surface area contributed by atoms with Gasteiger partial charge < -0.3 is 14.6 Å². The molecule has 0 aliphatic carbocycles. The molecular weight excluding hydrogens is 366 g/mol. The third kappa shape index (κ3) is 3.75. The lowest BCUT2D eigenvalue weighted by atomic mass is 10.1. The second-order valence-corrected chi connectivity index (χ2v) is 7.26. The van der Waals surface area contributed by atoms with Crippen molar-refractivity contribution < 1.29 is 14.3 Å². The highest BCUT2D eigenvalue weighted by Gasteiger charge is 2.20. The van der Waals surface area contributed by atoms with E-state index in [0.29, 0.717) is 34.6 Å². The molecule has 3 heterocycles. The SMILES string of the molecule is O=C(OCc1nc2ccsc2c(=O)[nH]1)c1ccc(CN2CCCC2=O)cc1. The predicted octanol–water partition coefficient (Wildman–Crippen LogP) is 2.46. The van der Waals surface area contributed by atoms with Crippen LogP contribution in [-0.4, -0.2) is 33.3 Å². The van der Waals surface area contributed by atoms with E-state index in [-0.39, 0.29) is 18.1 Å². The van der Waals surface area contributed by atoms with Crippen LogP contribution in [0, 0.1) is 0 Å². The summed E-state index contributed by atoms with van der Waals surface area (Å²) in [6.07, 6.45) is 1.51. The van der Waals surface area contributed by atoms with Crippen molar-refractivity contribution in [3.05, 3.63) is 63.0 Å². The zero-order valence-corrected chi connectivity index (χ0v) is 15.3. The molecule has 1 amide bonds. The lowest BCUT2D eigenvalue weighted by molar-refractivity contribution is -0.128. The number of nitrogens with one attached hydrogen (secondary N) is 1. The van der Waals surface area contributed by atoms with E-state index in [1.54, 1.807) is 23.6 Å². The van der Waals surface area contributed by atoms with Crippen LogP contribution in [0.4, 0.5) is 0 Å². The number of fused-ring (bicyclic) bond motifs is 1. The number of carbonyl (C=O) groups is 2. The van der Waals surface area contributed by atoms with Gasteiger partial charge >= 0.3 is 5.97 Å². The molecule has 0 spiro atoms. The minimum atomic E-state index is -0.494. The first-order valence-electron chi connectivity index (χ1n) is 8.60. The quantitative estimate of drug-likeness (QED) is 0.683. The molecule has 7 nitrogen and oxygen atoms in total. The number of hydrogen-bond donors (Lipinski definition) is 1. The number of benzene rings is 1. The van der Waals surface area contributed by atoms with Crippen molar-refractivity contribution in [1.82, 2.24) is 14.9 Å². The highest BCUT2D eigenvalue weighted by Crippen LogP contribution is 2.16. The molecular formula is C19H17N3O4S. The topological polar surface area (TPSA) is 92.4 Å². The Kier molecular flexibility index (Phi) is 4.72. The second-order valence-electron chi connectivity index (χ2n) is 6.34. The smallest absolute Gasteiger partial charge is 0.338 e. The molecule has 2 aromatic heterocycles. The Bertz CT molecular complexity index is 1050. The summed E-state index contributed by atoms with van der Waals surface area (Å²) < 4.78 is 5.81. The van der Waals surface area contributed by atoms with Gasteiger partial charge in [-0.1, -0.05) is 12.1 Å². The number of nitrogens with zero attached hydrogens (tertiary/aromatic N) is 2. The van der Waals surface area contributed by atoms with E-state index in [9.17, 15) is 14.4 Å². The van der Waals surface area contributed by atoms with Gasteiger partial charge in [0.1, 0.15) is 17.1 Å². The highest BCUT2D eigenvalue weighted by molar-refractivity contribution is 7.17. The maximum atomic E-state index is 12.2. The van der Waals surface area contributed by atoms with Gasteiger partial charge in [-0.25, -0.2) is 9.78 Å².